The number of hydrogen-bond donors (Lipinski definition) is 2. The Morgan fingerprint density at radius 3 is 2.36 bits per heavy atom. The second-order valence-corrected chi connectivity index (χ2v) is 3.89. The van der Waals surface area contributed by atoms with Gasteiger partial charge in [0, 0.05) is 12.0 Å². The molecule has 2 nitrogen and oxygen atoms in total. The summed E-state index contributed by atoms with van der Waals surface area (Å²) in [6.07, 6.45) is 2.19. The number of aliphatic hydroxyl groups excluding tert-OH is 1. The van der Waals surface area contributed by atoms with Crippen LogP contribution in [0.15, 0.2) is 0 Å². The highest BCUT2D eigenvalue weighted by Gasteiger charge is 2.23. The second kappa shape index (κ2) is 4.73. The first-order valence-electron chi connectivity index (χ1n) is 4.39. The van der Waals surface area contributed by atoms with Crippen molar-refractivity contribution in [1.82, 2.24) is 0 Å². The molecule has 2 unspecified atom stereocenters. The van der Waals surface area contributed by atoms with E-state index in [0.717, 1.165) is 12.8 Å². The highest BCUT2D eigenvalue weighted by atomic mass is 16.3. The van der Waals surface area contributed by atoms with Crippen molar-refractivity contribution >= 4 is 0 Å². The summed E-state index contributed by atoms with van der Waals surface area (Å²) in [5, 5.41) is 9.05. The summed E-state index contributed by atoms with van der Waals surface area (Å²) in [7, 11) is 0. The minimum atomic E-state index is -0.0601. The molecule has 0 aliphatic heterocycles. The summed E-state index contributed by atoms with van der Waals surface area (Å²) in [4.78, 5) is 0. The number of aliphatic hydroxyl groups is 1. The number of hydrogen-bond acceptors (Lipinski definition) is 2. The predicted octanol–water partition coefficient (Wildman–Crippen LogP) is 1.38. The molecule has 2 heteroatoms. The van der Waals surface area contributed by atoms with Crippen molar-refractivity contribution < 1.29 is 5.11 Å². The van der Waals surface area contributed by atoms with E-state index in [2.05, 4.69) is 13.8 Å². The van der Waals surface area contributed by atoms with Crippen LogP contribution in [0.1, 0.15) is 33.6 Å². The molecule has 68 valence electrons. The normalized spacial score (nSPS) is 19.4. The lowest BCUT2D eigenvalue weighted by Crippen LogP contribution is -2.32. The Labute approximate surface area is 69.8 Å². The van der Waals surface area contributed by atoms with Gasteiger partial charge in [-0.15, -0.1) is 0 Å². The Balaban J connectivity index is 3.86. The van der Waals surface area contributed by atoms with Crippen molar-refractivity contribution in [2.75, 3.05) is 13.2 Å². The van der Waals surface area contributed by atoms with Crippen molar-refractivity contribution in [1.29, 1.82) is 0 Å². The van der Waals surface area contributed by atoms with Gasteiger partial charge < -0.3 is 10.8 Å². The first-order chi connectivity index (χ1) is 5.08. The van der Waals surface area contributed by atoms with Crippen LogP contribution in [0.5, 0.6) is 0 Å². The Bertz CT molecular complexity index is 99.7. The van der Waals surface area contributed by atoms with Crippen LogP contribution in [0.2, 0.25) is 0 Å². The average Bonchev–Trinajstić information content (AvgIpc) is 2.04. The van der Waals surface area contributed by atoms with Gasteiger partial charge in [0.05, 0.1) is 0 Å². The summed E-state index contributed by atoms with van der Waals surface area (Å²) < 4.78 is 0. The van der Waals surface area contributed by atoms with Gasteiger partial charge in [-0.05, 0) is 18.9 Å². The maximum absolute atomic E-state index is 9.05. The van der Waals surface area contributed by atoms with Crippen molar-refractivity contribution in [2.24, 2.45) is 17.1 Å². The Kier molecular flexibility index (Phi) is 4.69. The van der Waals surface area contributed by atoms with Crippen molar-refractivity contribution in [3.05, 3.63) is 0 Å². The zero-order valence-corrected chi connectivity index (χ0v) is 7.93. The molecule has 0 aliphatic rings. The highest BCUT2D eigenvalue weighted by molar-refractivity contribution is 4.76. The molecule has 0 aliphatic carbocycles. The molecule has 0 bridgehead atoms. The summed E-state index contributed by atoms with van der Waals surface area (Å²) in [5.41, 5.74) is 5.50. The standard InChI is InChI=1S/C9H21NO/c1-4-8(2)5-9(3,6-10)7-11/h8,11H,4-7,10H2,1-3H3. The monoisotopic (exact) mass is 159 g/mol. The van der Waals surface area contributed by atoms with E-state index >= 15 is 0 Å². The second-order valence-electron chi connectivity index (χ2n) is 3.89. The number of nitrogens with two attached hydrogens (primary N) is 1. The van der Waals surface area contributed by atoms with Crippen LogP contribution >= 0.6 is 0 Å². The Hall–Kier alpha value is -0.0800. The van der Waals surface area contributed by atoms with E-state index in [4.69, 9.17) is 10.8 Å². The largest absolute Gasteiger partial charge is 0.396 e. The Morgan fingerprint density at radius 1 is 1.55 bits per heavy atom. The third-order valence-corrected chi connectivity index (χ3v) is 2.41. The van der Waals surface area contributed by atoms with E-state index in [1.54, 1.807) is 0 Å². The van der Waals surface area contributed by atoms with E-state index in [9.17, 15) is 0 Å². The van der Waals surface area contributed by atoms with Gasteiger partial charge >= 0.3 is 0 Å². The molecule has 0 fully saturated rings. The Morgan fingerprint density at radius 2 is 2.09 bits per heavy atom. The first kappa shape index (κ1) is 10.9. The van der Waals surface area contributed by atoms with Crippen LogP contribution in [-0.2, 0) is 0 Å². The molecular weight excluding hydrogens is 138 g/mol. The minimum absolute atomic E-state index is 0.0601. The summed E-state index contributed by atoms with van der Waals surface area (Å²) in [6, 6.07) is 0. The van der Waals surface area contributed by atoms with Gasteiger partial charge in [0.25, 0.3) is 0 Å². The van der Waals surface area contributed by atoms with Crippen molar-refractivity contribution in [3.63, 3.8) is 0 Å². The molecule has 0 aromatic heterocycles. The summed E-state index contributed by atoms with van der Waals surface area (Å²) in [6.45, 7) is 7.18. The first-order valence-corrected chi connectivity index (χ1v) is 4.39. The van der Waals surface area contributed by atoms with Gasteiger partial charge in [-0.2, -0.15) is 0 Å². The molecule has 0 saturated heterocycles. The smallest absolute Gasteiger partial charge is 0.0496 e. The van der Waals surface area contributed by atoms with Gasteiger partial charge in [0.1, 0.15) is 0 Å². The molecule has 2 atom stereocenters. The molecule has 0 rings (SSSR count). The van der Waals surface area contributed by atoms with Crippen LogP contribution < -0.4 is 5.73 Å². The lowest BCUT2D eigenvalue weighted by atomic mass is 9.81. The fourth-order valence-electron chi connectivity index (χ4n) is 1.20. The van der Waals surface area contributed by atoms with Crippen LogP contribution in [-0.4, -0.2) is 18.3 Å². The van der Waals surface area contributed by atoms with Gasteiger partial charge in [0.2, 0.25) is 0 Å². The molecule has 11 heavy (non-hydrogen) atoms. The van der Waals surface area contributed by atoms with Gasteiger partial charge in [-0.25, -0.2) is 0 Å². The molecule has 3 N–H and O–H groups in total. The van der Waals surface area contributed by atoms with Crippen LogP contribution in [0.3, 0.4) is 0 Å². The lowest BCUT2D eigenvalue weighted by Gasteiger charge is -2.28. The quantitative estimate of drug-likeness (QED) is 0.636. The van der Waals surface area contributed by atoms with Gasteiger partial charge in [-0.1, -0.05) is 27.2 Å². The average molecular weight is 159 g/mol. The SMILES string of the molecule is CCC(C)CC(C)(CN)CO. The highest BCUT2D eigenvalue weighted by Crippen LogP contribution is 2.25. The fourth-order valence-corrected chi connectivity index (χ4v) is 1.20. The molecule has 0 saturated carbocycles. The molecule has 0 spiro atoms. The minimum Gasteiger partial charge on any atom is -0.396 e. The molecular formula is C9H21NO. The van der Waals surface area contributed by atoms with Crippen LogP contribution in [0.25, 0.3) is 0 Å². The molecule has 0 aromatic carbocycles. The predicted molar refractivity (Wildman–Crippen MR) is 48.3 cm³/mol. The molecule has 0 radical (unpaired) electrons. The number of rotatable bonds is 5. The van der Waals surface area contributed by atoms with Crippen LogP contribution in [0.4, 0.5) is 0 Å². The third-order valence-electron chi connectivity index (χ3n) is 2.41. The van der Waals surface area contributed by atoms with Gasteiger partial charge in [0.15, 0.2) is 0 Å². The molecule has 0 amide bonds. The van der Waals surface area contributed by atoms with Crippen molar-refractivity contribution in [2.45, 2.75) is 33.6 Å². The van der Waals surface area contributed by atoms with E-state index in [1.165, 1.54) is 0 Å². The third kappa shape index (κ3) is 3.73. The van der Waals surface area contributed by atoms with Gasteiger partial charge in [-0.3, -0.25) is 0 Å². The van der Waals surface area contributed by atoms with E-state index < -0.39 is 0 Å². The lowest BCUT2D eigenvalue weighted by molar-refractivity contribution is 0.122. The van der Waals surface area contributed by atoms with Crippen LogP contribution in [0, 0.1) is 11.3 Å². The summed E-state index contributed by atoms with van der Waals surface area (Å²) in [5.74, 6) is 0.663. The maximum Gasteiger partial charge on any atom is 0.0496 e. The van der Waals surface area contributed by atoms with E-state index in [0.29, 0.717) is 12.5 Å². The van der Waals surface area contributed by atoms with E-state index in [1.807, 2.05) is 6.92 Å². The fraction of sp³-hybridized carbons (Fsp3) is 1.00. The zero-order chi connectivity index (χ0) is 8.91. The molecule has 0 heterocycles. The summed E-state index contributed by atoms with van der Waals surface area (Å²) >= 11 is 0. The maximum atomic E-state index is 9.05. The molecule has 0 aromatic rings. The van der Waals surface area contributed by atoms with E-state index in [-0.39, 0.29) is 12.0 Å². The zero-order valence-electron chi connectivity index (χ0n) is 7.93. The topological polar surface area (TPSA) is 46.2 Å². The van der Waals surface area contributed by atoms with Crippen molar-refractivity contribution in [3.8, 4) is 0 Å².